The van der Waals surface area contributed by atoms with Crippen LogP contribution in [-0.2, 0) is 6.42 Å². The molecule has 0 aliphatic carbocycles. The summed E-state index contributed by atoms with van der Waals surface area (Å²) in [4.78, 5) is 3.86. The minimum absolute atomic E-state index is 0.541. The number of hydrogen-bond acceptors (Lipinski definition) is 5. The standard InChI is InChI=1S/C12H16ClN5/c1-17-7-10(18-16)3-2-8-5-12(15)9(6-14)4-11(8)13/h4-7,14H,2-3,15-16H2,1H3/b14-6?,17-7?,18-10-. The van der Waals surface area contributed by atoms with Crippen LogP contribution in [0, 0.1) is 5.41 Å². The third-order valence-electron chi connectivity index (χ3n) is 2.50. The van der Waals surface area contributed by atoms with Crippen molar-refractivity contribution in [2.24, 2.45) is 15.9 Å². The molecule has 0 heterocycles. The summed E-state index contributed by atoms with van der Waals surface area (Å²) >= 11 is 6.12. The molecule has 1 aromatic carbocycles. The molecule has 0 aliphatic heterocycles. The molecule has 0 saturated heterocycles. The van der Waals surface area contributed by atoms with E-state index in [1.165, 1.54) is 6.21 Å². The highest BCUT2D eigenvalue weighted by molar-refractivity contribution is 6.32. The van der Waals surface area contributed by atoms with Gasteiger partial charge in [-0.05, 0) is 30.5 Å². The molecule has 96 valence electrons. The summed E-state index contributed by atoms with van der Waals surface area (Å²) in [5.41, 5.74) is 8.57. The number of hydrogen-bond donors (Lipinski definition) is 3. The molecule has 18 heavy (non-hydrogen) atoms. The molecule has 0 bridgehead atoms. The number of aliphatic imine (C=N–C) groups is 1. The minimum Gasteiger partial charge on any atom is -0.398 e. The van der Waals surface area contributed by atoms with Gasteiger partial charge in [-0.25, -0.2) is 0 Å². The van der Waals surface area contributed by atoms with Gasteiger partial charge in [0.2, 0.25) is 0 Å². The van der Waals surface area contributed by atoms with Crippen LogP contribution in [0.4, 0.5) is 5.69 Å². The molecule has 1 rings (SSSR count). The maximum Gasteiger partial charge on any atom is 0.0781 e. The number of hydrazone groups is 1. The van der Waals surface area contributed by atoms with Crippen molar-refractivity contribution in [1.29, 1.82) is 5.41 Å². The Balaban J connectivity index is 2.86. The average molecular weight is 266 g/mol. The van der Waals surface area contributed by atoms with Crippen LogP contribution in [0.25, 0.3) is 0 Å². The van der Waals surface area contributed by atoms with Crippen LogP contribution in [-0.4, -0.2) is 25.2 Å². The van der Waals surface area contributed by atoms with Crippen LogP contribution in [0.15, 0.2) is 22.2 Å². The van der Waals surface area contributed by atoms with Gasteiger partial charge >= 0.3 is 0 Å². The van der Waals surface area contributed by atoms with Crippen molar-refractivity contribution < 1.29 is 0 Å². The van der Waals surface area contributed by atoms with Gasteiger partial charge in [0.05, 0.1) is 5.71 Å². The minimum atomic E-state index is 0.541. The first kappa shape index (κ1) is 14.2. The van der Waals surface area contributed by atoms with Crippen LogP contribution >= 0.6 is 11.6 Å². The number of halogens is 1. The van der Waals surface area contributed by atoms with Gasteiger partial charge in [-0.3, -0.25) is 4.99 Å². The Kier molecular flexibility index (Phi) is 5.32. The van der Waals surface area contributed by atoms with E-state index in [-0.39, 0.29) is 0 Å². The normalized spacial score (nSPS) is 12.0. The molecule has 6 heteroatoms. The lowest BCUT2D eigenvalue weighted by Gasteiger charge is -2.08. The van der Waals surface area contributed by atoms with Gasteiger partial charge in [-0.2, -0.15) is 5.10 Å². The summed E-state index contributed by atoms with van der Waals surface area (Å²) in [6, 6.07) is 3.46. The number of rotatable bonds is 5. The Morgan fingerprint density at radius 2 is 2.22 bits per heavy atom. The fraction of sp³-hybridized carbons (Fsp3) is 0.250. The van der Waals surface area contributed by atoms with Gasteiger partial charge in [-0.1, -0.05) is 11.6 Å². The Bertz CT molecular complexity index is 493. The number of nitrogen functional groups attached to an aromatic ring is 1. The zero-order chi connectivity index (χ0) is 13.5. The molecule has 0 aliphatic rings. The van der Waals surface area contributed by atoms with Crippen molar-refractivity contribution >= 4 is 35.4 Å². The summed E-state index contributed by atoms with van der Waals surface area (Å²) in [6.07, 6.45) is 4.10. The van der Waals surface area contributed by atoms with E-state index >= 15 is 0 Å². The highest BCUT2D eigenvalue weighted by Crippen LogP contribution is 2.23. The van der Waals surface area contributed by atoms with Gasteiger partial charge in [0.25, 0.3) is 0 Å². The lowest BCUT2D eigenvalue weighted by Crippen LogP contribution is -2.06. The van der Waals surface area contributed by atoms with Crippen LogP contribution in [0.5, 0.6) is 0 Å². The van der Waals surface area contributed by atoms with Crippen LogP contribution in [0.3, 0.4) is 0 Å². The second kappa shape index (κ2) is 6.76. The van der Waals surface area contributed by atoms with Gasteiger partial charge in [0.1, 0.15) is 0 Å². The van der Waals surface area contributed by atoms with Gasteiger partial charge < -0.3 is 17.0 Å². The third kappa shape index (κ3) is 3.56. The Morgan fingerprint density at radius 3 is 2.78 bits per heavy atom. The predicted octanol–water partition coefficient (Wildman–Crippen LogP) is 1.87. The van der Waals surface area contributed by atoms with Gasteiger partial charge in [-0.15, -0.1) is 0 Å². The van der Waals surface area contributed by atoms with E-state index in [1.807, 2.05) is 0 Å². The van der Waals surface area contributed by atoms with E-state index in [1.54, 1.807) is 25.4 Å². The zero-order valence-corrected chi connectivity index (χ0v) is 10.9. The second-order valence-electron chi connectivity index (χ2n) is 3.72. The van der Waals surface area contributed by atoms with Crippen LogP contribution in [0.2, 0.25) is 5.02 Å². The van der Waals surface area contributed by atoms with E-state index in [4.69, 9.17) is 28.6 Å². The SMILES string of the molecule is CN=C/C(CCc1cc(N)c(C=N)cc1Cl)=N\N. The van der Waals surface area contributed by atoms with E-state index < -0.39 is 0 Å². The van der Waals surface area contributed by atoms with E-state index in [0.29, 0.717) is 34.8 Å². The zero-order valence-electron chi connectivity index (χ0n) is 10.2. The van der Waals surface area contributed by atoms with E-state index in [0.717, 1.165) is 5.56 Å². The number of nitrogens with one attached hydrogen (secondary N) is 1. The first-order chi connectivity index (χ1) is 8.62. The molecule has 0 atom stereocenters. The lowest BCUT2D eigenvalue weighted by atomic mass is 10.0. The molecule has 0 spiro atoms. The Morgan fingerprint density at radius 1 is 1.50 bits per heavy atom. The molecule has 0 aromatic heterocycles. The smallest absolute Gasteiger partial charge is 0.0781 e. The number of aryl methyl sites for hydroxylation is 1. The van der Waals surface area contributed by atoms with E-state index in [9.17, 15) is 0 Å². The van der Waals surface area contributed by atoms with Crippen molar-refractivity contribution in [3.8, 4) is 0 Å². The van der Waals surface area contributed by atoms with Crippen molar-refractivity contribution in [3.63, 3.8) is 0 Å². The first-order valence-electron chi connectivity index (χ1n) is 5.39. The highest BCUT2D eigenvalue weighted by Gasteiger charge is 2.06. The summed E-state index contributed by atoms with van der Waals surface area (Å²) in [5.74, 6) is 5.25. The van der Waals surface area contributed by atoms with Gasteiger partial charge in [0.15, 0.2) is 0 Å². The average Bonchev–Trinajstić information content (AvgIpc) is 2.37. The number of anilines is 1. The summed E-state index contributed by atoms with van der Waals surface area (Å²) < 4.78 is 0. The molecular weight excluding hydrogens is 250 g/mol. The van der Waals surface area contributed by atoms with Gasteiger partial charge in [0, 0.05) is 35.8 Å². The monoisotopic (exact) mass is 265 g/mol. The molecule has 0 amide bonds. The maximum absolute atomic E-state index is 7.19. The molecular formula is C12H16ClN5. The summed E-state index contributed by atoms with van der Waals surface area (Å²) in [5, 5.41) is 11.4. The van der Waals surface area contributed by atoms with Crippen molar-refractivity contribution in [2.45, 2.75) is 12.8 Å². The molecule has 5 N–H and O–H groups in total. The Hall–Kier alpha value is -1.88. The molecule has 0 radical (unpaired) electrons. The number of benzene rings is 1. The fourth-order valence-corrected chi connectivity index (χ4v) is 1.81. The van der Waals surface area contributed by atoms with E-state index in [2.05, 4.69) is 10.1 Å². The number of nitrogens with two attached hydrogens (primary N) is 2. The molecule has 0 unspecified atom stereocenters. The molecule has 0 saturated carbocycles. The van der Waals surface area contributed by atoms with Crippen molar-refractivity contribution in [2.75, 3.05) is 12.8 Å². The van der Waals surface area contributed by atoms with Crippen molar-refractivity contribution in [1.82, 2.24) is 0 Å². The predicted molar refractivity (Wildman–Crippen MR) is 78.1 cm³/mol. The number of nitrogens with zero attached hydrogens (tertiary/aromatic N) is 2. The fourth-order valence-electron chi connectivity index (χ4n) is 1.54. The largest absolute Gasteiger partial charge is 0.398 e. The first-order valence-corrected chi connectivity index (χ1v) is 5.77. The quantitative estimate of drug-likeness (QED) is 0.328. The van der Waals surface area contributed by atoms with Crippen LogP contribution in [0.1, 0.15) is 17.5 Å². The Labute approximate surface area is 111 Å². The lowest BCUT2D eigenvalue weighted by molar-refractivity contribution is 1.03. The summed E-state index contributed by atoms with van der Waals surface area (Å²) in [7, 11) is 1.66. The highest BCUT2D eigenvalue weighted by atomic mass is 35.5. The molecule has 5 nitrogen and oxygen atoms in total. The molecule has 0 fully saturated rings. The maximum atomic E-state index is 7.19. The van der Waals surface area contributed by atoms with Crippen LogP contribution < -0.4 is 11.6 Å². The van der Waals surface area contributed by atoms with Crippen molar-refractivity contribution in [3.05, 3.63) is 28.3 Å². The summed E-state index contributed by atoms with van der Waals surface area (Å²) in [6.45, 7) is 0. The third-order valence-corrected chi connectivity index (χ3v) is 2.85. The topological polar surface area (TPSA) is 101 Å². The molecule has 1 aromatic rings. The second-order valence-corrected chi connectivity index (χ2v) is 4.13.